The summed E-state index contributed by atoms with van der Waals surface area (Å²) in [7, 11) is 0. The molecule has 0 aromatic carbocycles. The number of carbonyl (C=O) groups excluding carboxylic acids is 1. The first kappa shape index (κ1) is 10.9. The summed E-state index contributed by atoms with van der Waals surface area (Å²) in [5.74, 6) is -1.17. The van der Waals surface area contributed by atoms with Gasteiger partial charge in [-0.05, 0) is 6.42 Å². The van der Waals surface area contributed by atoms with E-state index in [4.69, 9.17) is 5.26 Å². The molecule has 0 N–H and O–H groups in total. The van der Waals surface area contributed by atoms with Gasteiger partial charge >= 0.3 is 29.6 Å². The average Bonchev–Trinajstić information content (AvgIpc) is 1.61. The van der Waals surface area contributed by atoms with Crippen molar-refractivity contribution in [3.63, 3.8) is 0 Å². The second-order valence-electron chi connectivity index (χ2n) is 1.03. The van der Waals surface area contributed by atoms with Crippen LogP contribution in [0.2, 0.25) is 0 Å². The van der Waals surface area contributed by atoms with Gasteiger partial charge in [-0.3, -0.25) is 0 Å². The third-order valence-corrected chi connectivity index (χ3v) is 0.441. The van der Waals surface area contributed by atoms with Crippen molar-refractivity contribution < 1.29 is 39.5 Å². The molecule has 3 nitrogen and oxygen atoms in total. The zero-order chi connectivity index (χ0) is 5.70. The monoisotopic (exact) mass is 121 g/mol. The average molecular weight is 121 g/mol. The van der Waals surface area contributed by atoms with Gasteiger partial charge in [0.2, 0.25) is 0 Å². The summed E-state index contributed by atoms with van der Waals surface area (Å²) in [6.45, 7) is 0. The maximum atomic E-state index is 9.50. The van der Waals surface area contributed by atoms with Crippen molar-refractivity contribution in [3.05, 3.63) is 0 Å². The molecule has 0 atom stereocenters. The molecule has 0 saturated carbocycles. The number of rotatable bonds is 2. The van der Waals surface area contributed by atoms with E-state index in [2.05, 4.69) is 0 Å². The van der Waals surface area contributed by atoms with Crippen LogP contribution in [0.4, 0.5) is 0 Å². The van der Waals surface area contributed by atoms with E-state index >= 15 is 0 Å². The summed E-state index contributed by atoms with van der Waals surface area (Å²) in [6, 6.07) is 1.68. The van der Waals surface area contributed by atoms with Gasteiger partial charge in [-0.15, -0.1) is 0 Å². The van der Waals surface area contributed by atoms with E-state index in [1.165, 1.54) is 0 Å². The molecule has 0 fully saturated rings. The largest absolute Gasteiger partial charge is 1.00 e. The Kier molecular flexibility index (Phi) is 9.44. The number of hydrogen-bond donors (Lipinski definition) is 0. The standard InChI is InChI=1S/C4H5NO2.Na/c5-3-1-2-4(6)7;/h1-2H2,(H,6,7);/q;+1/p-1. The minimum atomic E-state index is -1.17. The second-order valence-corrected chi connectivity index (χ2v) is 1.03. The van der Waals surface area contributed by atoms with Crippen LogP contribution in [-0.2, 0) is 4.79 Å². The third kappa shape index (κ3) is 9.35. The fourth-order valence-electron chi connectivity index (χ4n) is 0.158. The molecule has 0 aliphatic heterocycles. The van der Waals surface area contributed by atoms with Crippen LogP contribution in [0, 0.1) is 11.3 Å². The van der Waals surface area contributed by atoms with Gasteiger partial charge in [0.1, 0.15) is 0 Å². The van der Waals surface area contributed by atoms with Gasteiger partial charge in [-0.1, -0.05) is 0 Å². The summed E-state index contributed by atoms with van der Waals surface area (Å²) < 4.78 is 0. The molecule has 0 rings (SSSR count). The molecule has 8 heavy (non-hydrogen) atoms. The number of hydrogen-bond acceptors (Lipinski definition) is 3. The van der Waals surface area contributed by atoms with Gasteiger partial charge in [-0.25, -0.2) is 0 Å². The van der Waals surface area contributed by atoms with Crippen molar-refractivity contribution in [1.82, 2.24) is 0 Å². The predicted octanol–water partition coefficient (Wildman–Crippen LogP) is -3.96. The zero-order valence-corrected chi connectivity index (χ0v) is 6.68. The molecular formula is C4H4NNaO2. The first-order valence-corrected chi connectivity index (χ1v) is 1.84. The summed E-state index contributed by atoms with van der Waals surface area (Å²) >= 11 is 0. The topological polar surface area (TPSA) is 63.9 Å². The molecule has 0 aromatic heterocycles. The zero-order valence-electron chi connectivity index (χ0n) is 4.68. The van der Waals surface area contributed by atoms with Crippen LogP contribution in [0.5, 0.6) is 0 Å². The maximum absolute atomic E-state index is 9.50. The number of nitrogens with zero attached hydrogens (tertiary/aromatic N) is 1. The van der Waals surface area contributed by atoms with Crippen molar-refractivity contribution in [2.45, 2.75) is 12.8 Å². The SMILES string of the molecule is N#CCCC(=O)[O-].[Na+]. The summed E-state index contributed by atoms with van der Waals surface area (Å²) in [6.07, 6.45) is -0.112. The summed E-state index contributed by atoms with van der Waals surface area (Å²) in [5, 5.41) is 17.3. The maximum Gasteiger partial charge on any atom is 1.00 e. The van der Waals surface area contributed by atoms with Crippen LogP contribution in [0.1, 0.15) is 12.8 Å². The van der Waals surface area contributed by atoms with Crippen molar-refractivity contribution in [2.24, 2.45) is 0 Å². The summed E-state index contributed by atoms with van der Waals surface area (Å²) in [4.78, 5) is 9.50. The Labute approximate surface area is 69.6 Å². The fraction of sp³-hybridized carbons (Fsp3) is 0.500. The third-order valence-electron chi connectivity index (χ3n) is 0.441. The molecule has 0 bridgehead atoms. The van der Waals surface area contributed by atoms with Crippen LogP contribution < -0.4 is 34.7 Å². The Morgan fingerprint density at radius 2 is 2.25 bits per heavy atom. The Bertz CT molecular complexity index is 107. The Morgan fingerprint density at radius 1 is 1.75 bits per heavy atom. The van der Waals surface area contributed by atoms with Crippen LogP contribution in [0.15, 0.2) is 0 Å². The van der Waals surface area contributed by atoms with E-state index < -0.39 is 5.97 Å². The van der Waals surface area contributed by atoms with Gasteiger partial charge in [0.25, 0.3) is 0 Å². The van der Waals surface area contributed by atoms with Crippen LogP contribution in [0.3, 0.4) is 0 Å². The molecule has 0 spiro atoms. The molecular weight excluding hydrogens is 117 g/mol. The quantitative estimate of drug-likeness (QED) is 0.350. The molecule has 0 saturated heterocycles. The van der Waals surface area contributed by atoms with Crippen LogP contribution in [-0.4, -0.2) is 5.97 Å². The van der Waals surface area contributed by atoms with Crippen molar-refractivity contribution >= 4 is 5.97 Å². The van der Waals surface area contributed by atoms with E-state index in [1.54, 1.807) is 6.07 Å². The molecule has 0 amide bonds. The van der Waals surface area contributed by atoms with Gasteiger partial charge in [0, 0.05) is 12.4 Å². The van der Waals surface area contributed by atoms with Crippen molar-refractivity contribution in [2.75, 3.05) is 0 Å². The van der Waals surface area contributed by atoms with Crippen LogP contribution >= 0.6 is 0 Å². The Morgan fingerprint density at radius 3 is 2.38 bits per heavy atom. The first-order valence-electron chi connectivity index (χ1n) is 1.84. The fourth-order valence-corrected chi connectivity index (χ4v) is 0.158. The van der Waals surface area contributed by atoms with Gasteiger partial charge in [-0.2, -0.15) is 5.26 Å². The molecule has 0 aliphatic carbocycles. The number of nitriles is 1. The smallest absolute Gasteiger partial charge is 0.550 e. The molecule has 0 aromatic rings. The molecule has 0 unspecified atom stereocenters. The summed E-state index contributed by atoms with van der Waals surface area (Å²) in [5.41, 5.74) is 0. The van der Waals surface area contributed by atoms with Gasteiger partial charge in [0.05, 0.1) is 6.07 Å². The molecule has 0 heterocycles. The molecule has 38 valence electrons. The van der Waals surface area contributed by atoms with Crippen LogP contribution in [0.25, 0.3) is 0 Å². The van der Waals surface area contributed by atoms with Gasteiger partial charge < -0.3 is 9.90 Å². The predicted molar refractivity (Wildman–Crippen MR) is 19.9 cm³/mol. The van der Waals surface area contributed by atoms with E-state index in [-0.39, 0.29) is 42.4 Å². The van der Waals surface area contributed by atoms with Gasteiger partial charge in [0.15, 0.2) is 0 Å². The van der Waals surface area contributed by atoms with E-state index in [1.807, 2.05) is 0 Å². The van der Waals surface area contributed by atoms with Crippen molar-refractivity contribution in [3.8, 4) is 6.07 Å². The normalized spacial score (nSPS) is 6.38. The van der Waals surface area contributed by atoms with E-state index in [0.717, 1.165) is 0 Å². The molecule has 0 radical (unpaired) electrons. The number of aliphatic carboxylic acids is 1. The minimum Gasteiger partial charge on any atom is -0.550 e. The number of carboxylic acids is 1. The van der Waals surface area contributed by atoms with E-state index in [9.17, 15) is 9.90 Å². The number of carbonyl (C=O) groups is 1. The van der Waals surface area contributed by atoms with E-state index in [0.29, 0.717) is 0 Å². The van der Waals surface area contributed by atoms with Crippen molar-refractivity contribution in [1.29, 1.82) is 5.26 Å². The number of carboxylic acid groups (broad SMARTS) is 1. The Balaban J connectivity index is 0. The molecule has 0 aliphatic rings. The Hall–Kier alpha value is -0.0400. The minimum absolute atomic E-state index is 0. The molecule has 4 heteroatoms. The first-order chi connectivity index (χ1) is 3.27. The second kappa shape index (κ2) is 6.96.